The maximum atomic E-state index is 11.8. The lowest BCUT2D eigenvalue weighted by atomic mass is 10.5. The molecule has 4 nitrogen and oxygen atoms in total. The minimum absolute atomic E-state index is 0.0831. The summed E-state index contributed by atoms with van der Waals surface area (Å²) < 4.78 is 2.64. The van der Waals surface area contributed by atoms with Crippen LogP contribution in [0.1, 0.15) is 10.6 Å². The number of carbonyl (C=O) groups excluding carboxylic acids is 1. The molecule has 2 heterocycles. The van der Waals surface area contributed by atoms with E-state index in [4.69, 9.17) is 0 Å². The number of hydrogen-bond donors (Lipinski definition) is 1. The predicted molar refractivity (Wildman–Crippen MR) is 94.5 cm³/mol. The fourth-order valence-corrected chi connectivity index (χ4v) is 4.85. The van der Waals surface area contributed by atoms with Gasteiger partial charge in [-0.05, 0) is 35.0 Å². The van der Waals surface area contributed by atoms with Gasteiger partial charge in [0.2, 0.25) is 5.91 Å². The van der Waals surface area contributed by atoms with Gasteiger partial charge in [0.05, 0.1) is 3.79 Å². The van der Waals surface area contributed by atoms with Crippen molar-refractivity contribution in [2.75, 3.05) is 12.3 Å². The minimum Gasteiger partial charge on any atom is -0.354 e. The van der Waals surface area contributed by atoms with Crippen molar-refractivity contribution in [3.63, 3.8) is 0 Å². The third-order valence-electron chi connectivity index (χ3n) is 2.72. The number of hydrogen-bond acceptors (Lipinski definition) is 5. The Kier molecular flexibility index (Phi) is 6.53. The summed E-state index contributed by atoms with van der Waals surface area (Å²) in [5.41, 5.74) is 0.831. The molecule has 0 aliphatic heterocycles. The average molecular weight is 407 g/mol. The van der Waals surface area contributed by atoms with Crippen LogP contribution in [0, 0.1) is 6.92 Å². The lowest BCUT2D eigenvalue weighted by Gasteiger charge is -2.06. The van der Waals surface area contributed by atoms with Crippen molar-refractivity contribution in [3.8, 4) is 0 Å². The predicted octanol–water partition coefficient (Wildman–Crippen LogP) is 3.09. The van der Waals surface area contributed by atoms with Crippen molar-refractivity contribution < 1.29 is 4.79 Å². The summed E-state index contributed by atoms with van der Waals surface area (Å²) in [6.07, 6.45) is 0. The van der Waals surface area contributed by atoms with Crippen LogP contribution in [0.3, 0.4) is 0 Å². The summed E-state index contributed by atoms with van der Waals surface area (Å²) in [5, 5.41) is 4.61. The van der Waals surface area contributed by atoms with Gasteiger partial charge in [-0.15, -0.1) is 11.3 Å². The third-order valence-corrected chi connectivity index (χ3v) is 6.42. The van der Waals surface area contributed by atoms with E-state index >= 15 is 0 Å². The molecule has 2 rings (SSSR count). The molecule has 0 fully saturated rings. The number of carbonyl (C=O) groups is 1. The van der Waals surface area contributed by atoms with E-state index in [0.29, 0.717) is 6.54 Å². The maximum Gasteiger partial charge on any atom is 0.307 e. The summed E-state index contributed by atoms with van der Waals surface area (Å²) in [6.45, 7) is 2.56. The number of amides is 1. The molecule has 0 unspecified atom stereocenters. The van der Waals surface area contributed by atoms with Crippen molar-refractivity contribution >= 4 is 56.3 Å². The van der Waals surface area contributed by atoms with Crippen LogP contribution in [0.15, 0.2) is 26.1 Å². The van der Waals surface area contributed by atoms with Gasteiger partial charge in [-0.3, -0.25) is 14.2 Å². The standard InChI is InChI=1S/C13H15BrN2O2S3/c1-9-7-20-13(18)16(9)6-12(17)15-4-5-19-8-10-2-3-11(14)21-10/h2-3,7H,4-6,8H2,1H3,(H,15,17). The molecule has 0 aliphatic carbocycles. The molecule has 0 aromatic carbocycles. The fraction of sp³-hybridized carbons (Fsp3) is 0.385. The molecule has 0 aliphatic rings. The monoisotopic (exact) mass is 406 g/mol. The summed E-state index contributed by atoms with van der Waals surface area (Å²) in [4.78, 5) is 24.5. The lowest BCUT2D eigenvalue weighted by molar-refractivity contribution is -0.121. The summed E-state index contributed by atoms with van der Waals surface area (Å²) >= 11 is 8.08. The summed E-state index contributed by atoms with van der Waals surface area (Å²) in [5.74, 6) is 1.70. The molecule has 114 valence electrons. The van der Waals surface area contributed by atoms with Crippen LogP contribution in [0.2, 0.25) is 0 Å². The van der Waals surface area contributed by atoms with Crippen molar-refractivity contribution in [2.24, 2.45) is 0 Å². The molecule has 0 saturated carbocycles. The van der Waals surface area contributed by atoms with E-state index in [1.54, 1.807) is 28.5 Å². The Morgan fingerprint density at radius 1 is 1.48 bits per heavy atom. The molecule has 1 amide bonds. The van der Waals surface area contributed by atoms with Gasteiger partial charge in [-0.1, -0.05) is 11.3 Å². The number of thiophene rings is 1. The van der Waals surface area contributed by atoms with E-state index in [1.807, 2.05) is 13.0 Å². The Bertz CT molecular complexity index is 662. The molecule has 1 N–H and O–H groups in total. The van der Waals surface area contributed by atoms with Crippen LogP contribution in [-0.2, 0) is 17.1 Å². The number of thioether (sulfide) groups is 1. The topological polar surface area (TPSA) is 51.1 Å². The molecule has 0 atom stereocenters. The van der Waals surface area contributed by atoms with Crippen molar-refractivity contribution in [1.82, 2.24) is 9.88 Å². The smallest absolute Gasteiger partial charge is 0.307 e. The highest BCUT2D eigenvalue weighted by Gasteiger charge is 2.07. The first-order valence-corrected chi connectivity index (χ1v) is 9.94. The van der Waals surface area contributed by atoms with Gasteiger partial charge in [0.1, 0.15) is 6.54 Å². The Morgan fingerprint density at radius 2 is 2.29 bits per heavy atom. The van der Waals surface area contributed by atoms with E-state index < -0.39 is 0 Å². The molecule has 2 aromatic heterocycles. The van der Waals surface area contributed by atoms with Crippen LogP contribution in [0.5, 0.6) is 0 Å². The van der Waals surface area contributed by atoms with Gasteiger partial charge in [0.25, 0.3) is 0 Å². The molecule has 8 heteroatoms. The zero-order valence-electron chi connectivity index (χ0n) is 11.4. The first-order chi connectivity index (χ1) is 10.1. The first-order valence-electron chi connectivity index (χ1n) is 6.30. The normalized spacial score (nSPS) is 10.8. The molecular weight excluding hydrogens is 392 g/mol. The second-order valence-corrected chi connectivity index (χ2v) is 8.81. The Hall–Kier alpha value is -0.570. The summed E-state index contributed by atoms with van der Waals surface area (Å²) in [7, 11) is 0. The number of thiazole rings is 1. The summed E-state index contributed by atoms with van der Waals surface area (Å²) in [6, 6.07) is 4.15. The largest absolute Gasteiger partial charge is 0.354 e. The molecule has 0 bridgehead atoms. The van der Waals surface area contributed by atoms with Gasteiger partial charge in [-0.25, -0.2) is 0 Å². The molecule has 21 heavy (non-hydrogen) atoms. The number of aryl methyl sites for hydroxylation is 1. The van der Waals surface area contributed by atoms with Gasteiger partial charge < -0.3 is 5.32 Å². The van der Waals surface area contributed by atoms with Crippen LogP contribution in [0.4, 0.5) is 0 Å². The van der Waals surface area contributed by atoms with Crippen LogP contribution < -0.4 is 10.2 Å². The van der Waals surface area contributed by atoms with Gasteiger partial charge in [-0.2, -0.15) is 11.8 Å². The highest BCUT2D eigenvalue weighted by atomic mass is 79.9. The van der Waals surface area contributed by atoms with E-state index in [9.17, 15) is 9.59 Å². The van der Waals surface area contributed by atoms with Crippen LogP contribution in [-0.4, -0.2) is 22.8 Å². The minimum atomic E-state index is -0.113. The average Bonchev–Trinajstić information content (AvgIpc) is 2.99. The van der Waals surface area contributed by atoms with Crippen LogP contribution in [0.25, 0.3) is 0 Å². The SMILES string of the molecule is Cc1csc(=O)n1CC(=O)NCCSCc1ccc(Br)s1. The zero-order valence-corrected chi connectivity index (χ0v) is 15.5. The number of rotatable bonds is 7. The van der Waals surface area contributed by atoms with Crippen molar-refractivity contribution in [1.29, 1.82) is 0 Å². The Morgan fingerprint density at radius 3 is 2.90 bits per heavy atom. The van der Waals surface area contributed by atoms with Gasteiger partial charge >= 0.3 is 4.87 Å². The molecule has 0 spiro atoms. The van der Waals surface area contributed by atoms with Crippen LogP contribution >= 0.6 is 50.4 Å². The van der Waals surface area contributed by atoms with E-state index in [1.165, 1.54) is 9.44 Å². The highest BCUT2D eigenvalue weighted by Crippen LogP contribution is 2.25. The van der Waals surface area contributed by atoms with E-state index in [-0.39, 0.29) is 17.3 Å². The fourth-order valence-electron chi connectivity index (χ4n) is 1.66. The number of aromatic nitrogens is 1. The third kappa shape index (κ3) is 5.28. The van der Waals surface area contributed by atoms with Crippen molar-refractivity contribution in [3.05, 3.63) is 41.5 Å². The van der Waals surface area contributed by atoms with Gasteiger partial charge in [0, 0.05) is 34.0 Å². The molecule has 2 aromatic rings. The molecule has 0 radical (unpaired) electrons. The zero-order chi connectivity index (χ0) is 15.2. The molecule has 0 saturated heterocycles. The van der Waals surface area contributed by atoms with Crippen molar-refractivity contribution in [2.45, 2.75) is 19.2 Å². The van der Waals surface area contributed by atoms with E-state index in [2.05, 4.69) is 27.3 Å². The number of halogens is 1. The van der Waals surface area contributed by atoms with E-state index in [0.717, 1.165) is 32.3 Å². The highest BCUT2D eigenvalue weighted by molar-refractivity contribution is 9.11. The second kappa shape index (κ2) is 8.17. The first kappa shape index (κ1) is 16.8. The number of nitrogens with zero attached hydrogens (tertiary/aromatic N) is 1. The quantitative estimate of drug-likeness (QED) is 0.718. The number of nitrogens with one attached hydrogen (secondary N) is 1. The Balaban J connectivity index is 1.64. The maximum absolute atomic E-state index is 11.8. The Labute approximate surface area is 143 Å². The lowest BCUT2D eigenvalue weighted by Crippen LogP contribution is -2.32. The molecular formula is C13H15BrN2O2S3. The van der Waals surface area contributed by atoms with Gasteiger partial charge in [0.15, 0.2) is 0 Å². The second-order valence-electron chi connectivity index (χ2n) is 4.34.